The number of hydrogen-bond donors (Lipinski definition) is 1. The maximum absolute atomic E-state index is 15.4. The molecule has 1 unspecified atom stereocenters. The highest BCUT2D eigenvalue weighted by atomic mass is 32.2. The monoisotopic (exact) mass is 574 g/mol. The average Bonchev–Trinajstić information content (AvgIpc) is 3.27. The molecule has 41 heavy (non-hydrogen) atoms. The normalized spacial score (nSPS) is 15.1. The number of thioether (sulfide) groups is 1. The molecule has 1 aliphatic heterocycles. The molecule has 2 heterocycles. The molecule has 3 aromatic carbocycles. The number of carbonyl (C=O) groups is 2. The van der Waals surface area contributed by atoms with Crippen LogP contribution in [-0.2, 0) is 9.59 Å². The molecule has 1 N–H and O–H groups in total. The summed E-state index contributed by atoms with van der Waals surface area (Å²) in [6, 6.07) is 18.8. The van der Waals surface area contributed by atoms with E-state index >= 15 is 4.39 Å². The second-order valence-electron chi connectivity index (χ2n) is 10.6. The number of aromatic nitrogens is 2. The minimum absolute atomic E-state index is 0.00530. The Bertz CT molecular complexity index is 1600. The van der Waals surface area contributed by atoms with Gasteiger partial charge in [0.05, 0.1) is 22.4 Å². The van der Waals surface area contributed by atoms with Crippen LogP contribution in [0, 0.1) is 31.4 Å². The van der Waals surface area contributed by atoms with E-state index in [1.54, 1.807) is 4.68 Å². The summed E-state index contributed by atoms with van der Waals surface area (Å²) in [7, 11) is 0. The number of carbonyl (C=O) groups excluding carboxylic acids is 2. The van der Waals surface area contributed by atoms with E-state index in [-0.39, 0.29) is 35.6 Å². The van der Waals surface area contributed by atoms with Crippen molar-refractivity contribution in [3.05, 3.63) is 101 Å². The van der Waals surface area contributed by atoms with Gasteiger partial charge < -0.3 is 5.32 Å². The van der Waals surface area contributed by atoms with Gasteiger partial charge in [-0.3, -0.25) is 14.5 Å². The summed E-state index contributed by atoms with van der Waals surface area (Å²) < 4.78 is 31.1. The number of halogens is 2. The first-order valence-electron chi connectivity index (χ1n) is 13.5. The summed E-state index contributed by atoms with van der Waals surface area (Å²) in [5, 5.41) is 7.27. The van der Waals surface area contributed by atoms with Crippen molar-refractivity contribution in [2.24, 2.45) is 5.92 Å². The van der Waals surface area contributed by atoms with Gasteiger partial charge in [-0.15, -0.1) is 11.8 Å². The molecular weight excluding hydrogens is 542 g/mol. The van der Waals surface area contributed by atoms with E-state index in [1.807, 2.05) is 76.2 Å². The van der Waals surface area contributed by atoms with Crippen molar-refractivity contribution in [2.45, 2.75) is 32.9 Å². The minimum atomic E-state index is -0.706. The number of benzene rings is 3. The fraction of sp³-hybridized carbons (Fsp3) is 0.281. The molecule has 1 atom stereocenters. The molecule has 0 aliphatic carbocycles. The van der Waals surface area contributed by atoms with Crippen LogP contribution in [0.2, 0.25) is 0 Å². The van der Waals surface area contributed by atoms with Crippen molar-refractivity contribution < 1.29 is 18.4 Å². The first kappa shape index (κ1) is 28.5. The highest BCUT2D eigenvalue weighted by Gasteiger charge is 2.38. The Kier molecular flexibility index (Phi) is 8.26. The summed E-state index contributed by atoms with van der Waals surface area (Å²) in [4.78, 5) is 28.4. The maximum atomic E-state index is 15.4. The summed E-state index contributed by atoms with van der Waals surface area (Å²) >= 11 is 1.24. The van der Waals surface area contributed by atoms with Crippen molar-refractivity contribution >= 4 is 29.4 Å². The van der Waals surface area contributed by atoms with Gasteiger partial charge in [-0.05, 0) is 43.0 Å². The summed E-state index contributed by atoms with van der Waals surface area (Å²) in [5.41, 5.74) is 4.91. The molecule has 1 aromatic heterocycles. The Labute approximate surface area is 242 Å². The zero-order valence-corrected chi connectivity index (χ0v) is 24.3. The van der Waals surface area contributed by atoms with Gasteiger partial charge in [0.2, 0.25) is 11.8 Å². The summed E-state index contributed by atoms with van der Waals surface area (Å²) in [5.74, 6) is -1.35. The molecule has 0 spiro atoms. The molecule has 1 aliphatic rings. The third kappa shape index (κ3) is 5.77. The predicted molar refractivity (Wildman–Crippen MR) is 159 cm³/mol. The lowest BCUT2D eigenvalue weighted by Crippen LogP contribution is -2.43. The quantitative estimate of drug-likeness (QED) is 0.278. The number of hydrogen-bond acceptors (Lipinski definition) is 4. The van der Waals surface area contributed by atoms with Gasteiger partial charge in [-0.2, -0.15) is 5.10 Å². The second kappa shape index (κ2) is 11.9. The Morgan fingerprint density at radius 3 is 2.54 bits per heavy atom. The Hall–Kier alpha value is -3.98. The van der Waals surface area contributed by atoms with E-state index in [0.717, 1.165) is 28.4 Å². The lowest BCUT2D eigenvalue weighted by Gasteiger charge is -2.24. The zero-order chi connectivity index (χ0) is 29.3. The summed E-state index contributed by atoms with van der Waals surface area (Å²) in [6.45, 7) is 8.21. The molecule has 0 saturated heterocycles. The Balaban J connectivity index is 1.81. The molecule has 6 nitrogen and oxygen atoms in total. The molecule has 212 valence electrons. The third-order valence-corrected chi connectivity index (χ3v) is 8.43. The number of anilines is 1. The topological polar surface area (TPSA) is 67.2 Å². The standard InChI is InChI=1S/C32H32F2N4O2S/c1-19(2)16-35-27(39)17-37-28(40)18-41-31(24-14-13-23(33)15-25(24)34)29-30(22-10-6-5-7-11-22)36-38(32(29)37)26-12-8-9-20(3)21(26)4/h5-15,19,31H,16-18H2,1-4H3,(H,35,39). The van der Waals surface area contributed by atoms with E-state index in [9.17, 15) is 14.0 Å². The van der Waals surface area contributed by atoms with Crippen LogP contribution in [0.4, 0.5) is 14.6 Å². The van der Waals surface area contributed by atoms with E-state index in [1.165, 1.54) is 28.8 Å². The first-order valence-corrected chi connectivity index (χ1v) is 14.6. The van der Waals surface area contributed by atoms with Crippen molar-refractivity contribution in [2.75, 3.05) is 23.7 Å². The number of fused-ring (bicyclic) bond motifs is 1. The fourth-order valence-electron chi connectivity index (χ4n) is 4.94. The molecule has 2 amide bonds. The maximum Gasteiger partial charge on any atom is 0.240 e. The van der Waals surface area contributed by atoms with Gasteiger partial charge >= 0.3 is 0 Å². The number of nitrogens with one attached hydrogen (secondary N) is 1. The van der Waals surface area contributed by atoms with Gasteiger partial charge in [0.1, 0.15) is 24.0 Å². The van der Waals surface area contributed by atoms with Gasteiger partial charge in [-0.25, -0.2) is 13.5 Å². The van der Waals surface area contributed by atoms with Crippen molar-refractivity contribution in [3.63, 3.8) is 0 Å². The lowest BCUT2D eigenvalue weighted by atomic mass is 9.99. The zero-order valence-electron chi connectivity index (χ0n) is 23.4. The summed E-state index contributed by atoms with van der Waals surface area (Å²) in [6.07, 6.45) is 0. The van der Waals surface area contributed by atoms with Crippen LogP contribution >= 0.6 is 11.8 Å². The Morgan fingerprint density at radius 2 is 1.83 bits per heavy atom. The molecule has 4 aromatic rings. The van der Waals surface area contributed by atoms with Gasteiger partial charge in [0.15, 0.2) is 0 Å². The van der Waals surface area contributed by atoms with Crippen LogP contribution in [-0.4, -0.2) is 40.4 Å². The molecule has 9 heteroatoms. The number of amides is 2. The molecule has 0 radical (unpaired) electrons. The number of rotatable bonds is 7. The van der Waals surface area contributed by atoms with Crippen molar-refractivity contribution in [3.8, 4) is 16.9 Å². The van der Waals surface area contributed by atoms with E-state index < -0.39 is 16.9 Å². The van der Waals surface area contributed by atoms with Gasteiger partial charge in [0, 0.05) is 29.3 Å². The van der Waals surface area contributed by atoms with Crippen LogP contribution in [0.25, 0.3) is 16.9 Å². The van der Waals surface area contributed by atoms with Crippen LogP contribution in [0.5, 0.6) is 0 Å². The SMILES string of the molecule is Cc1cccc(-n2nc(-c3ccccc3)c3c2N(CC(=O)NCC(C)C)C(=O)CSC3c2ccc(F)cc2F)c1C. The van der Waals surface area contributed by atoms with Crippen LogP contribution in [0.15, 0.2) is 66.7 Å². The van der Waals surface area contributed by atoms with E-state index in [2.05, 4.69) is 5.32 Å². The molecule has 5 rings (SSSR count). The fourth-order valence-corrected chi connectivity index (χ4v) is 6.16. The van der Waals surface area contributed by atoms with Crippen LogP contribution < -0.4 is 10.2 Å². The largest absolute Gasteiger partial charge is 0.354 e. The van der Waals surface area contributed by atoms with Crippen molar-refractivity contribution in [1.82, 2.24) is 15.1 Å². The van der Waals surface area contributed by atoms with E-state index in [4.69, 9.17) is 5.10 Å². The lowest BCUT2D eigenvalue weighted by molar-refractivity contribution is -0.123. The average molecular weight is 575 g/mol. The van der Waals surface area contributed by atoms with Gasteiger partial charge in [-0.1, -0.05) is 62.4 Å². The minimum Gasteiger partial charge on any atom is -0.354 e. The molecular formula is C32H32F2N4O2S. The van der Waals surface area contributed by atoms with Gasteiger partial charge in [0.25, 0.3) is 0 Å². The van der Waals surface area contributed by atoms with Crippen LogP contribution in [0.1, 0.15) is 41.4 Å². The highest BCUT2D eigenvalue weighted by molar-refractivity contribution is 8.00. The third-order valence-electron chi connectivity index (χ3n) is 7.19. The molecule has 0 bridgehead atoms. The molecule has 0 fully saturated rings. The van der Waals surface area contributed by atoms with E-state index in [0.29, 0.717) is 23.6 Å². The molecule has 0 saturated carbocycles. The number of aryl methyl sites for hydroxylation is 1. The predicted octanol–water partition coefficient (Wildman–Crippen LogP) is 6.38. The smallest absolute Gasteiger partial charge is 0.240 e. The first-order chi connectivity index (χ1) is 19.7. The second-order valence-corrected chi connectivity index (χ2v) is 11.7. The highest BCUT2D eigenvalue weighted by Crippen LogP contribution is 2.49. The Morgan fingerprint density at radius 1 is 1.07 bits per heavy atom. The van der Waals surface area contributed by atoms with Crippen molar-refractivity contribution in [1.29, 1.82) is 0 Å². The number of nitrogens with zero attached hydrogens (tertiary/aromatic N) is 3. The van der Waals surface area contributed by atoms with Crippen LogP contribution in [0.3, 0.4) is 0 Å².